The molecule has 1 heterocycles. The van der Waals surface area contributed by atoms with Crippen LogP contribution in [0.1, 0.15) is 15.9 Å². The number of benzene rings is 2. The first-order chi connectivity index (χ1) is 12.1. The Hall–Kier alpha value is -3.17. The van der Waals surface area contributed by atoms with E-state index in [0.29, 0.717) is 16.9 Å². The standard InChI is InChI=1S/C19H13BrN4O/c20-15-3-1-2-14(10-15)19(25)24-18-9-8-17(12-22-18)23-16-6-4-13(11-21)5-7-16/h1-10,12,23H,(H,22,24,25). The van der Waals surface area contributed by atoms with Gasteiger partial charge >= 0.3 is 0 Å². The van der Waals surface area contributed by atoms with Gasteiger partial charge in [0.15, 0.2) is 0 Å². The molecule has 3 rings (SSSR count). The lowest BCUT2D eigenvalue weighted by atomic mass is 10.2. The Balaban J connectivity index is 1.65. The fraction of sp³-hybridized carbons (Fsp3) is 0. The third-order valence-electron chi connectivity index (χ3n) is 3.39. The van der Waals surface area contributed by atoms with Crippen LogP contribution in [0.5, 0.6) is 0 Å². The molecule has 0 bridgehead atoms. The van der Waals surface area contributed by atoms with Crippen molar-refractivity contribution in [3.05, 3.63) is 82.5 Å². The van der Waals surface area contributed by atoms with Crippen LogP contribution < -0.4 is 10.6 Å². The summed E-state index contributed by atoms with van der Waals surface area (Å²) in [6.45, 7) is 0. The van der Waals surface area contributed by atoms with Crippen LogP contribution in [0.25, 0.3) is 0 Å². The lowest BCUT2D eigenvalue weighted by molar-refractivity contribution is 0.102. The predicted octanol–water partition coefficient (Wildman–Crippen LogP) is 4.71. The molecule has 0 radical (unpaired) electrons. The Labute approximate surface area is 153 Å². The summed E-state index contributed by atoms with van der Waals surface area (Å²) in [6.07, 6.45) is 1.63. The Bertz CT molecular complexity index is 931. The highest BCUT2D eigenvalue weighted by Crippen LogP contribution is 2.18. The van der Waals surface area contributed by atoms with Gasteiger partial charge in [-0.2, -0.15) is 5.26 Å². The summed E-state index contributed by atoms with van der Waals surface area (Å²) in [4.78, 5) is 16.4. The number of nitrogens with one attached hydrogen (secondary N) is 2. The van der Waals surface area contributed by atoms with E-state index in [1.807, 2.05) is 24.3 Å². The molecule has 0 atom stereocenters. The summed E-state index contributed by atoms with van der Waals surface area (Å²) in [6, 6.07) is 19.9. The molecule has 0 aliphatic heterocycles. The van der Waals surface area contributed by atoms with Crippen LogP contribution in [-0.2, 0) is 0 Å². The molecule has 0 unspecified atom stereocenters. The molecule has 25 heavy (non-hydrogen) atoms. The molecule has 1 aromatic heterocycles. The highest BCUT2D eigenvalue weighted by atomic mass is 79.9. The topological polar surface area (TPSA) is 77.8 Å². The summed E-state index contributed by atoms with van der Waals surface area (Å²) in [5.74, 6) is 0.247. The van der Waals surface area contributed by atoms with Gasteiger partial charge in [0.2, 0.25) is 0 Å². The van der Waals surface area contributed by atoms with Gasteiger partial charge in [0.25, 0.3) is 5.91 Å². The van der Waals surface area contributed by atoms with Crippen molar-refractivity contribution >= 4 is 39.0 Å². The Morgan fingerprint density at radius 1 is 1.04 bits per heavy atom. The van der Waals surface area contributed by atoms with E-state index in [0.717, 1.165) is 15.8 Å². The van der Waals surface area contributed by atoms with Gasteiger partial charge in [-0.05, 0) is 54.6 Å². The number of hydrogen-bond acceptors (Lipinski definition) is 4. The van der Waals surface area contributed by atoms with Crippen LogP contribution >= 0.6 is 15.9 Å². The molecular formula is C19H13BrN4O. The van der Waals surface area contributed by atoms with E-state index in [2.05, 4.69) is 37.6 Å². The number of rotatable bonds is 4. The van der Waals surface area contributed by atoms with E-state index in [1.54, 1.807) is 42.6 Å². The number of hydrogen-bond donors (Lipinski definition) is 2. The average molecular weight is 393 g/mol. The predicted molar refractivity (Wildman–Crippen MR) is 101 cm³/mol. The van der Waals surface area contributed by atoms with Crippen molar-refractivity contribution in [3.63, 3.8) is 0 Å². The SMILES string of the molecule is N#Cc1ccc(Nc2ccc(NC(=O)c3cccc(Br)c3)nc2)cc1. The summed E-state index contributed by atoms with van der Waals surface area (Å²) < 4.78 is 0.843. The molecule has 0 aliphatic rings. The minimum atomic E-state index is -0.221. The number of anilines is 3. The minimum absolute atomic E-state index is 0.221. The highest BCUT2D eigenvalue weighted by Gasteiger charge is 2.07. The number of carbonyl (C=O) groups is 1. The zero-order valence-electron chi connectivity index (χ0n) is 13.0. The van der Waals surface area contributed by atoms with E-state index < -0.39 is 0 Å². The molecule has 2 N–H and O–H groups in total. The lowest BCUT2D eigenvalue weighted by Gasteiger charge is -2.08. The van der Waals surface area contributed by atoms with Crippen LogP contribution in [0.15, 0.2) is 71.3 Å². The van der Waals surface area contributed by atoms with Gasteiger partial charge in [-0.1, -0.05) is 22.0 Å². The molecule has 122 valence electrons. The molecule has 0 aliphatic carbocycles. The third kappa shape index (κ3) is 4.43. The number of aromatic nitrogens is 1. The fourth-order valence-corrected chi connectivity index (χ4v) is 2.55. The maximum atomic E-state index is 12.2. The normalized spacial score (nSPS) is 9.92. The average Bonchev–Trinajstić information content (AvgIpc) is 2.64. The molecule has 3 aromatic rings. The van der Waals surface area contributed by atoms with E-state index in [-0.39, 0.29) is 5.91 Å². The van der Waals surface area contributed by atoms with Gasteiger partial charge in [-0.25, -0.2) is 4.98 Å². The third-order valence-corrected chi connectivity index (χ3v) is 3.89. The molecule has 0 spiro atoms. The summed E-state index contributed by atoms with van der Waals surface area (Å²) in [5, 5.41) is 14.7. The highest BCUT2D eigenvalue weighted by molar-refractivity contribution is 9.10. The van der Waals surface area contributed by atoms with Gasteiger partial charge < -0.3 is 10.6 Å². The van der Waals surface area contributed by atoms with Crippen molar-refractivity contribution in [2.75, 3.05) is 10.6 Å². The smallest absolute Gasteiger partial charge is 0.256 e. The van der Waals surface area contributed by atoms with Crippen LogP contribution in [0.4, 0.5) is 17.2 Å². The van der Waals surface area contributed by atoms with Gasteiger partial charge in [0.1, 0.15) is 5.82 Å². The zero-order chi connectivity index (χ0) is 17.6. The second-order valence-electron chi connectivity index (χ2n) is 5.21. The van der Waals surface area contributed by atoms with Crippen molar-refractivity contribution in [3.8, 4) is 6.07 Å². The second kappa shape index (κ2) is 7.60. The molecule has 2 aromatic carbocycles. The van der Waals surface area contributed by atoms with Crippen molar-refractivity contribution in [2.45, 2.75) is 0 Å². The maximum absolute atomic E-state index is 12.2. The zero-order valence-corrected chi connectivity index (χ0v) is 14.6. The summed E-state index contributed by atoms with van der Waals surface area (Å²) >= 11 is 3.34. The quantitative estimate of drug-likeness (QED) is 0.673. The second-order valence-corrected chi connectivity index (χ2v) is 6.13. The van der Waals surface area contributed by atoms with Crippen molar-refractivity contribution < 1.29 is 4.79 Å². The van der Waals surface area contributed by atoms with Gasteiger partial charge in [0, 0.05) is 15.7 Å². The van der Waals surface area contributed by atoms with E-state index in [4.69, 9.17) is 5.26 Å². The van der Waals surface area contributed by atoms with Crippen molar-refractivity contribution in [1.82, 2.24) is 4.98 Å². The Morgan fingerprint density at radius 3 is 2.44 bits per heavy atom. The van der Waals surface area contributed by atoms with Crippen molar-refractivity contribution in [1.29, 1.82) is 5.26 Å². The van der Waals surface area contributed by atoms with Gasteiger partial charge in [0.05, 0.1) is 23.5 Å². The number of carbonyl (C=O) groups excluding carboxylic acids is 1. The molecule has 5 nitrogen and oxygen atoms in total. The summed E-state index contributed by atoms with van der Waals surface area (Å²) in [5.41, 5.74) is 2.79. The van der Waals surface area contributed by atoms with E-state index in [1.165, 1.54) is 0 Å². The Kier molecular flexibility index (Phi) is 5.07. The minimum Gasteiger partial charge on any atom is -0.354 e. The lowest BCUT2D eigenvalue weighted by Crippen LogP contribution is -2.12. The number of halogens is 1. The number of pyridine rings is 1. The number of nitrogens with zero attached hydrogens (tertiary/aromatic N) is 2. The summed E-state index contributed by atoms with van der Waals surface area (Å²) in [7, 11) is 0. The molecular weight excluding hydrogens is 380 g/mol. The van der Waals surface area contributed by atoms with Crippen LogP contribution in [-0.4, -0.2) is 10.9 Å². The van der Waals surface area contributed by atoms with Gasteiger partial charge in [-0.3, -0.25) is 4.79 Å². The van der Waals surface area contributed by atoms with E-state index >= 15 is 0 Å². The Morgan fingerprint density at radius 2 is 1.80 bits per heavy atom. The molecule has 0 saturated carbocycles. The van der Waals surface area contributed by atoms with Crippen LogP contribution in [0.3, 0.4) is 0 Å². The number of nitriles is 1. The van der Waals surface area contributed by atoms with Crippen LogP contribution in [0, 0.1) is 11.3 Å². The van der Waals surface area contributed by atoms with Crippen molar-refractivity contribution in [2.24, 2.45) is 0 Å². The maximum Gasteiger partial charge on any atom is 0.256 e. The molecule has 6 heteroatoms. The number of amides is 1. The largest absolute Gasteiger partial charge is 0.354 e. The molecule has 0 fully saturated rings. The first kappa shape index (κ1) is 16.7. The first-order valence-corrected chi connectivity index (χ1v) is 8.23. The van der Waals surface area contributed by atoms with E-state index in [9.17, 15) is 4.79 Å². The fourth-order valence-electron chi connectivity index (χ4n) is 2.15. The molecule has 1 amide bonds. The van der Waals surface area contributed by atoms with Gasteiger partial charge in [-0.15, -0.1) is 0 Å². The molecule has 0 saturated heterocycles. The van der Waals surface area contributed by atoms with Crippen LogP contribution in [0.2, 0.25) is 0 Å². The first-order valence-electron chi connectivity index (χ1n) is 7.44. The monoisotopic (exact) mass is 392 g/mol.